The van der Waals surface area contributed by atoms with Crippen LogP contribution < -0.4 is 9.47 Å². The average molecular weight is 597 g/mol. The molecule has 1 N–H and O–H groups in total. The molecule has 3 aromatic carbocycles. The molecule has 0 unspecified atom stereocenters. The van der Waals surface area contributed by atoms with Gasteiger partial charge in [-0.25, -0.2) is 12.4 Å². The number of rotatable bonds is 5. The fourth-order valence-corrected chi connectivity index (χ4v) is 6.87. The highest BCUT2D eigenvalue weighted by Crippen LogP contribution is 2.38. The Balaban J connectivity index is 1.63. The van der Waals surface area contributed by atoms with Crippen molar-refractivity contribution in [2.75, 3.05) is 27.3 Å². The second-order valence-corrected chi connectivity index (χ2v) is 11.3. The van der Waals surface area contributed by atoms with E-state index in [-0.39, 0.29) is 35.3 Å². The molecule has 0 aliphatic carbocycles. The van der Waals surface area contributed by atoms with Crippen molar-refractivity contribution < 1.29 is 27.8 Å². The Hall–Kier alpha value is -3.76. The van der Waals surface area contributed by atoms with E-state index in [0.29, 0.717) is 44.4 Å². The third kappa shape index (κ3) is 4.23. The van der Waals surface area contributed by atoms with Gasteiger partial charge in [-0.2, -0.15) is 0 Å². The number of carbonyl (C=O) groups excluding carboxylic acids is 1. The van der Waals surface area contributed by atoms with Crippen molar-refractivity contribution >= 4 is 48.5 Å². The Bertz CT molecular complexity index is 1680. The monoisotopic (exact) mass is 596 g/mol. The van der Waals surface area contributed by atoms with Crippen LogP contribution in [0.5, 0.6) is 11.5 Å². The van der Waals surface area contributed by atoms with Crippen LogP contribution in [-0.4, -0.2) is 55.6 Å². The van der Waals surface area contributed by atoms with Crippen molar-refractivity contribution in [3.05, 3.63) is 94.1 Å². The van der Waals surface area contributed by atoms with Crippen molar-refractivity contribution in [1.82, 2.24) is 8.87 Å². The molecule has 0 spiro atoms. The van der Waals surface area contributed by atoms with E-state index in [4.69, 9.17) is 9.47 Å². The summed E-state index contributed by atoms with van der Waals surface area (Å²) in [5, 5.41) is 11.9. The molecule has 38 heavy (non-hydrogen) atoms. The van der Waals surface area contributed by atoms with E-state index in [1.54, 1.807) is 47.4 Å². The molecule has 1 aliphatic heterocycles. The molecule has 10 heteroatoms. The topological polar surface area (TPSA) is 98.1 Å². The van der Waals surface area contributed by atoms with Gasteiger partial charge in [0, 0.05) is 22.9 Å². The van der Waals surface area contributed by atoms with Gasteiger partial charge < -0.3 is 19.5 Å². The fraction of sp³-hybridized carbons (Fsp3) is 0.179. The first-order valence-corrected chi connectivity index (χ1v) is 14.0. The molecule has 2 heterocycles. The minimum absolute atomic E-state index is 0.0593. The molecule has 0 radical (unpaired) electrons. The predicted molar refractivity (Wildman–Crippen MR) is 148 cm³/mol. The average Bonchev–Trinajstić information content (AvgIpc) is 3.26. The zero-order chi connectivity index (χ0) is 27.0. The zero-order valence-electron chi connectivity index (χ0n) is 20.7. The lowest BCUT2D eigenvalue weighted by atomic mass is 10.0. The minimum Gasteiger partial charge on any atom is -0.506 e. The Morgan fingerprint density at radius 1 is 0.974 bits per heavy atom. The molecule has 0 saturated carbocycles. The summed E-state index contributed by atoms with van der Waals surface area (Å²) in [5.41, 5.74) is 1.61. The largest absolute Gasteiger partial charge is 0.506 e. The molecule has 4 aromatic rings. The minimum atomic E-state index is -4.02. The Kier molecular flexibility index (Phi) is 6.93. The summed E-state index contributed by atoms with van der Waals surface area (Å²) in [5.74, 6) is 0.181. The van der Waals surface area contributed by atoms with Crippen LogP contribution in [0.4, 0.5) is 0 Å². The summed E-state index contributed by atoms with van der Waals surface area (Å²) in [4.78, 5) is 15.4. The number of aliphatic hydroxyl groups is 1. The molecule has 0 bridgehead atoms. The second kappa shape index (κ2) is 10.2. The van der Waals surface area contributed by atoms with Crippen LogP contribution in [0.2, 0.25) is 0 Å². The fourth-order valence-electron chi connectivity index (χ4n) is 4.81. The van der Waals surface area contributed by atoms with Gasteiger partial charge in [0.25, 0.3) is 15.9 Å². The highest BCUT2D eigenvalue weighted by Gasteiger charge is 2.31. The van der Waals surface area contributed by atoms with E-state index >= 15 is 0 Å². The number of hydrogen-bond donors (Lipinski definition) is 1. The lowest BCUT2D eigenvalue weighted by molar-refractivity contribution is 0.0769. The van der Waals surface area contributed by atoms with Crippen LogP contribution in [-0.2, 0) is 16.4 Å². The van der Waals surface area contributed by atoms with Crippen molar-refractivity contribution in [1.29, 1.82) is 0 Å². The van der Waals surface area contributed by atoms with Crippen LogP contribution in [0.1, 0.15) is 21.6 Å². The molecular weight excluding hydrogens is 572 g/mol. The van der Waals surface area contributed by atoms with Crippen LogP contribution >= 0.6 is 15.9 Å². The molecule has 0 atom stereocenters. The summed E-state index contributed by atoms with van der Waals surface area (Å²) in [6.07, 6.45) is 1.78. The number of ether oxygens (including phenoxy) is 2. The van der Waals surface area contributed by atoms with E-state index in [1.165, 1.54) is 36.4 Å². The number of benzene rings is 3. The number of fused-ring (bicyclic) bond motifs is 3. The molecule has 0 fully saturated rings. The third-order valence-corrected chi connectivity index (χ3v) is 8.98. The molecule has 196 valence electrons. The Labute approximate surface area is 228 Å². The molecule has 1 aliphatic rings. The molecular formula is C28H25BrN2O6S. The van der Waals surface area contributed by atoms with Gasteiger partial charge in [-0.15, -0.1) is 0 Å². The highest BCUT2D eigenvalue weighted by atomic mass is 79.9. The normalized spacial score (nSPS) is 15.2. The molecule has 5 rings (SSSR count). The maximum absolute atomic E-state index is 13.8. The quantitative estimate of drug-likeness (QED) is 0.338. The van der Waals surface area contributed by atoms with Crippen LogP contribution in [0, 0.1) is 0 Å². The van der Waals surface area contributed by atoms with E-state index in [1.807, 2.05) is 12.1 Å². The first kappa shape index (κ1) is 25.9. The number of carbonyl (C=O) groups is 1. The molecule has 0 saturated heterocycles. The Morgan fingerprint density at radius 3 is 2.39 bits per heavy atom. The van der Waals surface area contributed by atoms with E-state index < -0.39 is 10.0 Å². The van der Waals surface area contributed by atoms with Gasteiger partial charge in [0.1, 0.15) is 11.5 Å². The van der Waals surface area contributed by atoms with Crippen molar-refractivity contribution in [3.63, 3.8) is 0 Å². The number of para-hydroxylation sites is 1. The van der Waals surface area contributed by atoms with E-state index in [0.717, 1.165) is 0 Å². The summed E-state index contributed by atoms with van der Waals surface area (Å²) >= 11 is 3.45. The van der Waals surface area contributed by atoms with Crippen molar-refractivity contribution in [3.8, 4) is 11.5 Å². The number of aromatic nitrogens is 1. The molecule has 1 aromatic heterocycles. The summed E-state index contributed by atoms with van der Waals surface area (Å²) in [6, 6.07) is 18.7. The lowest BCUT2D eigenvalue weighted by Gasteiger charge is -2.25. The van der Waals surface area contributed by atoms with Gasteiger partial charge in [0.2, 0.25) is 0 Å². The zero-order valence-corrected chi connectivity index (χ0v) is 23.1. The lowest BCUT2D eigenvalue weighted by Crippen LogP contribution is -2.35. The number of halogens is 1. The van der Waals surface area contributed by atoms with Gasteiger partial charge in [-0.3, -0.25) is 4.79 Å². The summed E-state index contributed by atoms with van der Waals surface area (Å²) in [6.45, 7) is 0.339. The standard InChI is InChI=1S/C28H25BrN2O6S/c1-36-24-13-12-21(29)25(27(24)37-2)28(33)30-16-14-20-19-10-6-7-11-22(19)31(26(20)23(32)15-17-30)38(34,35)18-8-4-3-5-9-18/h3-13,15,32H,14,16-17H2,1-2H3/b23-15+. The van der Waals surface area contributed by atoms with Crippen molar-refractivity contribution in [2.24, 2.45) is 0 Å². The van der Waals surface area contributed by atoms with E-state index in [9.17, 15) is 18.3 Å². The van der Waals surface area contributed by atoms with Gasteiger partial charge in [0.15, 0.2) is 11.5 Å². The van der Waals surface area contributed by atoms with Gasteiger partial charge in [0.05, 0.1) is 30.2 Å². The second-order valence-electron chi connectivity index (χ2n) is 8.68. The van der Waals surface area contributed by atoms with Crippen LogP contribution in [0.15, 0.2) is 82.2 Å². The van der Waals surface area contributed by atoms with E-state index in [2.05, 4.69) is 15.9 Å². The predicted octanol–water partition coefficient (Wildman–Crippen LogP) is 5.26. The van der Waals surface area contributed by atoms with Crippen LogP contribution in [0.3, 0.4) is 0 Å². The smallest absolute Gasteiger partial charge is 0.268 e. The molecule has 1 amide bonds. The first-order valence-electron chi connectivity index (χ1n) is 11.8. The van der Waals surface area contributed by atoms with Crippen molar-refractivity contribution in [2.45, 2.75) is 11.3 Å². The molecule has 8 nitrogen and oxygen atoms in total. The maximum Gasteiger partial charge on any atom is 0.268 e. The maximum atomic E-state index is 13.8. The third-order valence-electron chi connectivity index (χ3n) is 6.59. The number of nitrogens with zero attached hydrogens (tertiary/aromatic N) is 2. The number of amides is 1. The number of methoxy groups -OCH3 is 2. The number of hydrogen-bond acceptors (Lipinski definition) is 6. The van der Waals surface area contributed by atoms with Gasteiger partial charge in [-0.05, 0) is 64.3 Å². The van der Waals surface area contributed by atoms with Gasteiger partial charge >= 0.3 is 0 Å². The summed E-state index contributed by atoms with van der Waals surface area (Å²) in [7, 11) is -1.06. The van der Waals surface area contributed by atoms with Crippen LogP contribution in [0.25, 0.3) is 16.7 Å². The Morgan fingerprint density at radius 2 is 1.68 bits per heavy atom. The summed E-state index contributed by atoms with van der Waals surface area (Å²) < 4.78 is 40.2. The SMILES string of the molecule is COc1ccc(Br)c(C(=O)N2C/C=C(/O)c3c(c4ccccc4n3S(=O)(=O)c3ccccc3)CC2)c1OC. The number of aliphatic hydroxyl groups excluding tert-OH is 1. The van der Waals surface area contributed by atoms with Gasteiger partial charge in [-0.1, -0.05) is 36.4 Å². The highest BCUT2D eigenvalue weighted by molar-refractivity contribution is 9.10. The first-order chi connectivity index (χ1) is 18.3.